The Morgan fingerprint density at radius 3 is 2.88 bits per heavy atom. The summed E-state index contributed by atoms with van der Waals surface area (Å²) in [5.41, 5.74) is 1.60. The van der Waals surface area contributed by atoms with Crippen molar-refractivity contribution in [2.75, 3.05) is 20.6 Å². The van der Waals surface area contributed by atoms with Crippen LogP contribution in [0.3, 0.4) is 0 Å². The van der Waals surface area contributed by atoms with Crippen LogP contribution < -0.4 is 5.32 Å². The number of nitrogens with zero attached hydrogens (tertiary/aromatic N) is 3. The maximum absolute atomic E-state index is 12.2. The second-order valence-electron chi connectivity index (χ2n) is 6.44. The summed E-state index contributed by atoms with van der Waals surface area (Å²) in [7, 11) is 3.89. The standard InChI is InChI=1S/C19H27ClN4O2/c1-5-6-11-24-19(20)15(14(2)22-24)9-10-18(25)21-13-16(23(3)4)17-8-7-12-26-17/h7-10,12,16H,5-6,11,13H2,1-4H3,(H,21,25)/b10-9+. The highest BCUT2D eigenvalue weighted by molar-refractivity contribution is 6.31. The zero-order valence-corrected chi connectivity index (χ0v) is 16.6. The van der Waals surface area contributed by atoms with Gasteiger partial charge in [-0.25, -0.2) is 0 Å². The summed E-state index contributed by atoms with van der Waals surface area (Å²) in [6.07, 6.45) is 6.94. The largest absolute Gasteiger partial charge is 0.468 e. The van der Waals surface area contributed by atoms with Gasteiger partial charge in [0.2, 0.25) is 5.91 Å². The molecule has 0 aliphatic rings. The van der Waals surface area contributed by atoms with Crippen LogP contribution in [0, 0.1) is 6.92 Å². The van der Waals surface area contributed by atoms with E-state index in [1.165, 1.54) is 6.08 Å². The van der Waals surface area contributed by atoms with Crippen LogP contribution in [0.25, 0.3) is 6.08 Å². The summed E-state index contributed by atoms with van der Waals surface area (Å²) >= 11 is 6.38. The van der Waals surface area contributed by atoms with Crippen LogP contribution in [0.2, 0.25) is 5.15 Å². The van der Waals surface area contributed by atoms with Gasteiger partial charge >= 0.3 is 0 Å². The topological polar surface area (TPSA) is 63.3 Å². The lowest BCUT2D eigenvalue weighted by atomic mass is 10.2. The molecule has 0 radical (unpaired) electrons. The number of aryl methyl sites for hydroxylation is 2. The van der Waals surface area contributed by atoms with Gasteiger partial charge in [0.15, 0.2) is 0 Å². The lowest BCUT2D eigenvalue weighted by Crippen LogP contribution is -2.33. The fraction of sp³-hybridized carbons (Fsp3) is 0.474. The second-order valence-corrected chi connectivity index (χ2v) is 6.80. The van der Waals surface area contributed by atoms with Gasteiger partial charge < -0.3 is 9.73 Å². The van der Waals surface area contributed by atoms with Crippen LogP contribution in [0.1, 0.15) is 42.8 Å². The molecular formula is C19H27ClN4O2. The predicted octanol–water partition coefficient (Wildman–Crippen LogP) is 3.67. The first-order valence-electron chi connectivity index (χ1n) is 8.82. The number of likely N-dealkylation sites (N-methyl/N-ethyl adjacent to an activating group) is 1. The van der Waals surface area contributed by atoms with Crippen LogP contribution in [-0.4, -0.2) is 41.2 Å². The molecule has 0 bridgehead atoms. The molecule has 7 heteroatoms. The van der Waals surface area contributed by atoms with Crippen LogP contribution in [0.5, 0.6) is 0 Å². The van der Waals surface area contributed by atoms with Crippen molar-refractivity contribution in [1.29, 1.82) is 0 Å². The van der Waals surface area contributed by atoms with Crippen LogP contribution in [-0.2, 0) is 11.3 Å². The van der Waals surface area contributed by atoms with E-state index in [4.69, 9.17) is 16.0 Å². The van der Waals surface area contributed by atoms with Gasteiger partial charge in [-0.15, -0.1) is 0 Å². The van der Waals surface area contributed by atoms with E-state index < -0.39 is 0 Å². The number of carbonyl (C=O) groups is 1. The zero-order valence-electron chi connectivity index (χ0n) is 15.8. The molecule has 1 unspecified atom stereocenters. The average Bonchev–Trinajstić information content (AvgIpc) is 3.20. The molecule has 0 aliphatic heterocycles. The van der Waals surface area contributed by atoms with Crippen LogP contribution in [0.4, 0.5) is 0 Å². The van der Waals surface area contributed by atoms with Gasteiger partial charge in [0, 0.05) is 24.7 Å². The molecule has 26 heavy (non-hydrogen) atoms. The molecule has 0 fully saturated rings. The lowest BCUT2D eigenvalue weighted by Gasteiger charge is -2.22. The summed E-state index contributed by atoms with van der Waals surface area (Å²) in [5, 5.41) is 7.92. The zero-order chi connectivity index (χ0) is 19.1. The van der Waals surface area contributed by atoms with Gasteiger partial charge in [-0.3, -0.25) is 14.4 Å². The van der Waals surface area contributed by atoms with E-state index in [0.29, 0.717) is 11.7 Å². The Morgan fingerprint density at radius 2 is 2.27 bits per heavy atom. The molecule has 0 aromatic carbocycles. The van der Waals surface area contributed by atoms with Crippen molar-refractivity contribution in [3.8, 4) is 0 Å². The van der Waals surface area contributed by atoms with Crippen molar-refractivity contribution in [2.45, 2.75) is 39.3 Å². The minimum absolute atomic E-state index is 0.0236. The molecular weight excluding hydrogens is 352 g/mol. The summed E-state index contributed by atoms with van der Waals surface area (Å²) in [4.78, 5) is 14.2. The number of furan rings is 1. The second kappa shape index (κ2) is 9.59. The van der Waals surface area contributed by atoms with Gasteiger partial charge in [0.05, 0.1) is 18.0 Å². The number of amides is 1. The molecule has 2 aromatic rings. The van der Waals surface area contributed by atoms with Crippen LogP contribution >= 0.6 is 11.6 Å². The number of aromatic nitrogens is 2. The fourth-order valence-electron chi connectivity index (χ4n) is 2.65. The molecule has 1 N–H and O–H groups in total. The van der Waals surface area contributed by atoms with Crippen molar-refractivity contribution in [3.63, 3.8) is 0 Å². The van der Waals surface area contributed by atoms with Crippen molar-refractivity contribution in [3.05, 3.63) is 46.6 Å². The predicted molar refractivity (Wildman–Crippen MR) is 104 cm³/mol. The SMILES string of the molecule is CCCCn1nc(C)c(/C=C/C(=O)NCC(c2ccco2)N(C)C)c1Cl. The number of nitrogens with one attached hydrogen (secondary N) is 1. The quantitative estimate of drug-likeness (QED) is 0.676. The normalized spacial score (nSPS) is 12.8. The molecule has 0 aliphatic carbocycles. The monoisotopic (exact) mass is 378 g/mol. The molecule has 2 heterocycles. The molecule has 2 rings (SSSR count). The van der Waals surface area contributed by atoms with Crippen molar-refractivity contribution < 1.29 is 9.21 Å². The average molecular weight is 379 g/mol. The Balaban J connectivity index is 1.98. The van der Waals surface area contributed by atoms with E-state index in [1.54, 1.807) is 17.0 Å². The fourth-order valence-corrected chi connectivity index (χ4v) is 2.97. The minimum Gasteiger partial charge on any atom is -0.468 e. The third-order valence-corrected chi connectivity index (χ3v) is 4.60. The summed E-state index contributed by atoms with van der Waals surface area (Å²) < 4.78 is 7.23. The van der Waals surface area contributed by atoms with Gasteiger partial charge in [0.1, 0.15) is 10.9 Å². The number of hydrogen-bond donors (Lipinski definition) is 1. The lowest BCUT2D eigenvalue weighted by molar-refractivity contribution is -0.116. The van der Waals surface area contributed by atoms with E-state index >= 15 is 0 Å². The molecule has 0 saturated carbocycles. The Morgan fingerprint density at radius 1 is 1.50 bits per heavy atom. The number of hydrogen-bond acceptors (Lipinski definition) is 4. The van der Waals surface area contributed by atoms with Gasteiger partial charge in [-0.05, 0) is 45.6 Å². The molecule has 1 atom stereocenters. The summed E-state index contributed by atoms with van der Waals surface area (Å²) in [5.74, 6) is 0.635. The highest BCUT2D eigenvalue weighted by Crippen LogP contribution is 2.22. The van der Waals surface area contributed by atoms with Crippen molar-refractivity contribution in [2.24, 2.45) is 0 Å². The molecule has 6 nitrogen and oxygen atoms in total. The van der Waals surface area contributed by atoms with Gasteiger partial charge in [-0.2, -0.15) is 5.10 Å². The molecule has 142 valence electrons. The maximum atomic E-state index is 12.2. The Hall–Kier alpha value is -2.05. The van der Waals surface area contributed by atoms with Crippen LogP contribution in [0.15, 0.2) is 28.9 Å². The van der Waals surface area contributed by atoms with E-state index in [0.717, 1.165) is 36.4 Å². The van der Waals surface area contributed by atoms with Gasteiger partial charge in [-0.1, -0.05) is 24.9 Å². The molecule has 1 amide bonds. The third kappa shape index (κ3) is 5.22. The van der Waals surface area contributed by atoms with E-state index in [-0.39, 0.29) is 11.9 Å². The van der Waals surface area contributed by atoms with E-state index in [2.05, 4.69) is 17.3 Å². The van der Waals surface area contributed by atoms with Gasteiger partial charge in [0.25, 0.3) is 0 Å². The first-order valence-corrected chi connectivity index (χ1v) is 9.20. The number of carbonyl (C=O) groups excluding carboxylic acids is 1. The molecule has 2 aromatic heterocycles. The molecule has 0 spiro atoms. The first-order chi connectivity index (χ1) is 12.4. The summed E-state index contributed by atoms with van der Waals surface area (Å²) in [6, 6.07) is 3.72. The maximum Gasteiger partial charge on any atom is 0.244 e. The van der Waals surface area contributed by atoms with E-state index in [9.17, 15) is 4.79 Å². The minimum atomic E-state index is -0.180. The third-order valence-electron chi connectivity index (χ3n) is 4.20. The summed E-state index contributed by atoms with van der Waals surface area (Å²) in [6.45, 7) is 5.25. The Bertz CT molecular complexity index is 735. The number of unbranched alkanes of at least 4 members (excludes halogenated alkanes) is 1. The van der Waals surface area contributed by atoms with Crippen molar-refractivity contribution >= 4 is 23.6 Å². The Labute approximate surface area is 159 Å². The Kier molecular flexibility index (Phi) is 7.48. The van der Waals surface area contributed by atoms with Crippen molar-refractivity contribution in [1.82, 2.24) is 20.0 Å². The smallest absolute Gasteiger partial charge is 0.244 e. The first kappa shape index (κ1) is 20.3. The highest BCUT2D eigenvalue weighted by atomic mass is 35.5. The van der Waals surface area contributed by atoms with E-state index in [1.807, 2.05) is 38.1 Å². The number of halogens is 1. The highest BCUT2D eigenvalue weighted by Gasteiger charge is 2.17. The number of rotatable bonds is 9. The molecule has 0 saturated heterocycles.